The first kappa shape index (κ1) is 19.3. The van der Waals surface area contributed by atoms with E-state index in [1.54, 1.807) is 29.0 Å². The fraction of sp³-hybridized carbons (Fsp3) is 0.304. The maximum atomic E-state index is 13.9. The van der Waals surface area contributed by atoms with Crippen molar-refractivity contribution in [3.63, 3.8) is 0 Å². The van der Waals surface area contributed by atoms with Crippen molar-refractivity contribution in [1.82, 2.24) is 14.8 Å². The summed E-state index contributed by atoms with van der Waals surface area (Å²) in [6.45, 7) is 2.30. The predicted molar refractivity (Wildman–Crippen MR) is 111 cm³/mol. The van der Waals surface area contributed by atoms with Crippen LogP contribution >= 0.6 is 0 Å². The molecule has 2 heterocycles. The Kier molecular flexibility index (Phi) is 5.71. The Morgan fingerprint density at radius 3 is 2.76 bits per heavy atom. The number of carbonyl (C=O) groups is 1. The molecule has 1 saturated heterocycles. The van der Waals surface area contributed by atoms with Crippen LogP contribution in [0.15, 0.2) is 65.6 Å². The lowest BCUT2D eigenvalue weighted by atomic mass is 10.0. The summed E-state index contributed by atoms with van der Waals surface area (Å²) in [5.41, 5.74) is 1.38. The second-order valence-corrected chi connectivity index (χ2v) is 7.56. The number of pyridine rings is 1. The van der Waals surface area contributed by atoms with Gasteiger partial charge in [0.2, 0.25) is 5.91 Å². The molecule has 1 fully saturated rings. The number of halogens is 1. The molecule has 1 aromatic heterocycles. The molecule has 1 N–H and O–H groups in total. The normalized spacial score (nSPS) is 17.3. The van der Waals surface area contributed by atoms with E-state index < -0.39 is 0 Å². The zero-order valence-electron chi connectivity index (χ0n) is 16.2. The largest absolute Gasteiger partial charge is 0.351 e. The number of likely N-dealkylation sites (tertiary alicyclic amines) is 1. The minimum absolute atomic E-state index is 0.0358. The summed E-state index contributed by atoms with van der Waals surface area (Å²) in [5, 5.41) is 3.71. The highest BCUT2D eigenvalue weighted by Crippen LogP contribution is 2.16. The lowest BCUT2D eigenvalue weighted by Gasteiger charge is -2.33. The van der Waals surface area contributed by atoms with Crippen molar-refractivity contribution in [2.45, 2.75) is 32.0 Å². The average Bonchev–Trinajstić information content (AvgIpc) is 2.72. The van der Waals surface area contributed by atoms with E-state index in [9.17, 15) is 14.0 Å². The molecule has 150 valence electrons. The molecule has 1 aliphatic heterocycles. The zero-order valence-corrected chi connectivity index (χ0v) is 16.2. The molecule has 29 heavy (non-hydrogen) atoms. The van der Waals surface area contributed by atoms with Crippen LogP contribution in [0.4, 0.5) is 4.39 Å². The number of nitrogens with one attached hydrogen (secondary N) is 1. The number of rotatable bonds is 5. The average molecular weight is 393 g/mol. The van der Waals surface area contributed by atoms with Gasteiger partial charge in [-0.1, -0.05) is 30.3 Å². The molecule has 0 spiro atoms. The Morgan fingerprint density at radius 1 is 1.10 bits per heavy atom. The predicted octanol–water partition coefficient (Wildman–Crippen LogP) is 2.92. The Labute approximate surface area is 168 Å². The van der Waals surface area contributed by atoms with Crippen LogP contribution in [0.1, 0.15) is 18.4 Å². The molecule has 0 bridgehead atoms. The second kappa shape index (κ2) is 8.57. The standard InChI is InChI=1S/C23H24FN3O2/c24-20-9-3-1-6-17(20)14-26-12-5-7-18(15-26)25-23(29)16-27-13-11-22(28)19-8-2-4-10-21(19)27/h1-4,6,8-11,13,18H,5,7,12,14-16H2,(H,25,29). The van der Waals surface area contributed by atoms with Crippen LogP contribution in [0, 0.1) is 5.82 Å². The number of fused-ring (bicyclic) bond motifs is 1. The van der Waals surface area contributed by atoms with E-state index in [-0.39, 0.29) is 29.7 Å². The maximum absolute atomic E-state index is 13.9. The molecule has 6 heteroatoms. The summed E-state index contributed by atoms with van der Waals surface area (Å²) in [6, 6.07) is 15.6. The summed E-state index contributed by atoms with van der Waals surface area (Å²) in [4.78, 5) is 26.8. The number of para-hydroxylation sites is 1. The van der Waals surface area contributed by atoms with Crippen molar-refractivity contribution in [2.75, 3.05) is 13.1 Å². The third-order valence-electron chi connectivity index (χ3n) is 5.42. The van der Waals surface area contributed by atoms with Crippen LogP contribution in [-0.4, -0.2) is 34.5 Å². The summed E-state index contributed by atoms with van der Waals surface area (Å²) < 4.78 is 15.7. The minimum atomic E-state index is -0.191. The number of benzene rings is 2. The molecule has 1 atom stereocenters. The number of hydrogen-bond donors (Lipinski definition) is 1. The van der Waals surface area contributed by atoms with Gasteiger partial charge < -0.3 is 9.88 Å². The highest BCUT2D eigenvalue weighted by atomic mass is 19.1. The number of nitrogens with zero attached hydrogens (tertiary/aromatic N) is 2. The van der Waals surface area contributed by atoms with E-state index in [4.69, 9.17) is 0 Å². The lowest BCUT2D eigenvalue weighted by molar-refractivity contribution is -0.122. The van der Waals surface area contributed by atoms with Gasteiger partial charge in [-0.05, 0) is 37.6 Å². The fourth-order valence-electron chi connectivity index (χ4n) is 4.01. The first-order valence-corrected chi connectivity index (χ1v) is 9.93. The van der Waals surface area contributed by atoms with E-state index in [0.717, 1.165) is 24.9 Å². The van der Waals surface area contributed by atoms with Crippen LogP contribution in [0.25, 0.3) is 10.9 Å². The Hall–Kier alpha value is -2.99. The molecule has 2 aromatic carbocycles. The van der Waals surface area contributed by atoms with Crippen LogP contribution in [0.3, 0.4) is 0 Å². The summed E-state index contributed by atoms with van der Waals surface area (Å²) in [6.07, 6.45) is 3.53. The van der Waals surface area contributed by atoms with E-state index in [1.807, 2.05) is 24.3 Å². The lowest BCUT2D eigenvalue weighted by Crippen LogP contribution is -2.48. The summed E-state index contributed by atoms with van der Waals surface area (Å²) in [5.74, 6) is -0.277. The third-order valence-corrected chi connectivity index (χ3v) is 5.42. The van der Waals surface area contributed by atoms with Gasteiger partial charge in [-0.15, -0.1) is 0 Å². The highest BCUT2D eigenvalue weighted by Gasteiger charge is 2.22. The van der Waals surface area contributed by atoms with Gasteiger partial charge in [-0.3, -0.25) is 14.5 Å². The van der Waals surface area contributed by atoms with E-state index in [1.165, 1.54) is 12.1 Å². The van der Waals surface area contributed by atoms with Gasteiger partial charge in [0.15, 0.2) is 5.43 Å². The van der Waals surface area contributed by atoms with Gasteiger partial charge in [-0.25, -0.2) is 4.39 Å². The molecule has 0 aliphatic carbocycles. The summed E-state index contributed by atoms with van der Waals surface area (Å²) >= 11 is 0. The molecule has 0 radical (unpaired) electrons. The van der Waals surface area contributed by atoms with Crippen LogP contribution < -0.4 is 10.7 Å². The number of carbonyl (C=O) groups excluding carboxylic acids is 1. The van der Waals surface area contributed by atoms with E-state index >= 15 is 0 Å². The quantitative estimate of drug-likeness (QED) is 0.725. The number of amides is 1. The first-order valence-electron chi connectivity index (χ1n) is 9.93. The molecule has 3 aromatic rings. The minimum Gasteiger partial charge on any atom is -0.351 e. The molecule has 1 aliphatic rings. The SMILES string of the molecule is O=C(Cn1ccc(=O)c2ccccc21)NC1CCCN(Cc2ccccc2F)C1. The monoisotopic (exact) mass is 393 g/mol. The topological polar surface area (TPSA) is 54.3 Å². The van der Waals surface area contributed by atoms with Gasteiger partial charge in [0.05, 0.1) is 5.52 Å². The molecule has 5 nitrogen and oxygen atoms in total. The van der Waals surface area contributed by atoms with Crippen molar-refractivity contribution in [3.05, 3.63) is 82.4 Å². The Morgan fingerprint density at radius 2 is 1.90 bits per heavy atom. The smallest absolute Gasteiger partial charge is 0.240 e. The molecular weight excluding hydrogens is 369 g/mol. The van der Waals surface area contributed by atoms with Crippen LogP contribution in [0.2, 0.25) is 0 Å². The van der Waals surface area contributed by atoms with Gasteiger partial charge in [0.25, 0.3) is 0 Å². The van der Waals surface area contributed by atoms with Crippen LogP contribution in [0.5, 0.6) is 0 Å². The zero-order chi connectivity index (χ0) is 20.2. The number of aromatic nitrogens is 1. The van der Waals surface area contributed by atoms with Crippen molar-refractivity contribution in [2.24, 2.45) is 0 Å². The Balaban J connectivity index is 1.39. The summed E-state index contributed by atoms with van der Waals surface area (Å²) in [7, 11) is 0. The van der Waals surface area contributed by atoms with E-state index in [0.29, 0.717) is 24.0 Å². The Bertz CT molecular complexity index is 1080. The number of piperidine rings is 1. The van der Waals surface area contributed by atoms with Gasteiger partial charge in [-0.2, -0.15) is 0 Å². The first-order chi connectivity index (χ1) is 14.1. The van der Waals surface area contributed by atoms with Gasteiger partial charge in [0.1, 0.15) is 12.4 Å². The molecule has 1 unspecified atom stereocenters. The second-order valence-electron chi connectivity index (χ2n) is 7.56. The van der Waals surface area contributed by atoms with Crippen molar-refractivity contribution in [3.8, 4) is 0 Å². The highest BCUT2D eigenvalue weighted by molar-refractivity contribution is 5.82. The molecule has 4 rings (SSSR count). The number of hydrogen-bond acceptors (Lipinski definition) is 3. The van der Waals surface area contributed by atoms with Crippen molar-refractivity contribution in [1.29, 1.82) is 0 Å². The molecular formula is C23H24FN3O2. The van der Waals surface area contributed by atoms with Gasteiger partial charge >= 0.3 is 0 Å². The fourth-order valence-corrected chi connectivity index (χ4v) is 4.01. The van der Waals surface area contributed by atoms with Gasteiger partial charge in [0, 0.05) is 42.3 Å². The molecule has 1 amide bonds. The molecule has 0 saturated carbocycles. The van der Waals surface area contributed by atoms with E-state index in [2.05, 4.69) is 10.2 Å². The van der Waals surface area contributed by atoms with Crippen molar-refractivity contribution >= 4 is 16.8 Å². The third kappa shape index (κ3) is 4.54. The van der Waals surface area contributed by atoms with Crippen molar-refractivity contribution < 1.29 is 9.18 Å². The maximum Gasteiger partial charge on any atom is 0.240 e. The van der Waals surface area contributed by atoms with Crippen LogP contribution in [-0.2, 0) is 17.9 Å².